The van der Waals surface area contributed by atoms with Crippen LogP contribution in [-0.2, 0) is 4.79 Å². The first kappa shape index (κ1) is 14.6. The SMILES string of the molecule is Cc1ccc(NC(=O)CC(C)C(C)(C)C)c(O)c1. The van der Waals surface area contributed by atoms with Crippen molar-refractivity contribution in [2.24, 2.45) is 11.3 Å². The summed E-state index contributed by atoms with van der Waals surface area (Å²) in [6, 6.07) is 5.23. The highest BCUT2D eigenvalue weighted by Crippen LogP contribution is 2.29. The van der Waals surface area contributed by atoms with Gasteiger partial charge in [0.05, 0.1) is 5.69 Å². The quantitative estimate of drug-likeness (QED) is 0.802. The molecule has 1 rings (SSSR count). The first-order valence-electron chi connectivity index (χ1n) is 6.29. The smallest absolute Gasteiger partial charge is 0.224 e. The average Bonchev–Trinajstić information content (AvgIpc) is 2.20. The Balaban J connectivity index is 2.65. The lowest BCUT2D eigenvalue weighted by Gasteiger charge is -2.26. The lowest BCUT2D eigenvalue weighted by molar-refractivity contribution is -0.117. The second-order valence-corrected chi connectivity index (χ2v) is 6.04. The molecule has 0 saturated carbocycles. The van der Waals surface area contributed by atoms with Crippen molar-refractivity contribution in [1.29, 1.82) is 0 Å². The minimum Gasteiger partial charge on any atom is -0.506 e. The third-order valence-electron chi connectivity index (χ3n) is 3.40. The van der Waals surface area contributed by atoms with Crippen LogP contribution in [0.1, 0.15) is 39.7 Å². The van der Waals surface area contributed by atoms with Gasteiger partial charge in [-0.05, 0) is 36.0 Å². The van der Waals surface area contributed by atoms with Gasteiger partial charge in [-0.25, -0.2) is 0 Å². The maximum Gasteiger partial charge on any atom is 0.224 e. The maximum absolute atomic E-state index is 11.9. The van der Waals surface area contributed by atoms with Crippen LogP contribution < -0.4 is 5.32 Å². The summed E-state index contributed by atoms with van der Waals surface area (Å²) in [5.74, 6) is 0.341. The number of phenolic OH excluding ortho intramolecular Hbond substituents is 1. The minimum absolute atomic E-state index is 0.0587. The number of nitrogens with one attached hydrogen (secondary N) is 1. The van der Waals surface area contributed by atoms with E-state index >= 15 is 0 Å². The van der Waals surface area contributed by atoms with Gasteiger partial charge in [0.2, 0.25) is 5.91 Å². The van der Waals surface area contributed by atoms with Gasteiger partial charge in [0, 0.05) is 6.42 Å². The summed E-state index contributed by atoms with van der Waals surface area (Å²) in [7, 11) is 0. The van der Waals surface area contributed by atoms with E-state index in [-0.39, 0.29) is 23.0 Å². The van der Waals surface area contributed by atoms with Crippen LogP contribution in [0.2, 0.25) is 0 Å². The number of aryl methyl sites for hydroxylation is 1. The van der Waals surface area contributed by atoms with Crippen molar-refractivity contribution in [3.05, 3.63) is 23.8 Å². The Hall–Kier alpha value is -1.51. The van der Waals surface area contributed by atoms with Gasteiger partial charge in [-0.3, -0.25) is 4.79 Å². The number of benzene rings is 1. The van der Waals surface area contributed by atoms with Crippen molar-refractivity contribution in [3.8, 4) is 5.75 Å². The van der Waals surface area contributed by atoms with E-state index in [0.29, 0.717) is 12.1 Å². The molecule has 2 N–H and O–H groups in total. The van der Waals surface area contributed by atoms with E-state index < -0.39 is 0 Å². The molecule has 3 heteroatoms. The molecular formula is C15H23NO2. The Morgan fingerprint density at radius 2 is 2.00 bits per heavy atom. The van der Waals surface area contributed by atoms with Crippen molar-refractivity contribution in [2.75, 3.05) is 5.32 Å². The molecular weight excluding hydrogens is 226 g/mol. The maximum atomic E-state index is 11.9. The number of rotatable bonds is 3. The van der Waals surface area contributed by atoms with Gasteiger partial charge in [-0.2, -0.15) is 0 Å². The number of amides is 1. The highest BCUT2D eigenvalue weighted by molar-refractivity contribution is 5.92. The van der Waals surface area contributed by atoms with Crippen LogP contribution in [0.5, 0.6) is 5.75 Å². The zero-order valence-electron chi connectivity index (χ0n) is 11.9. The Bertz CT molecular complexity index is 433. The molecule has 0 aliphatic rings. The van der Waals surface area contributed by atoms with E-state index in [9.17, 15) is 9.90 Å². The van der Waals surface area contributed by atoms with Gasteiger partial charge in [0.15, 0.2) is 0 Å². The number of carbonyl (C=O) groups excluding carboxylic acids is 1. The van der Waals surface area contributed by atoms with Gasteiger partial charge < -0.3 is 10.4 Å². The number of phenols is 1. The van der Waals surface area contributed by atoms with Crippen molar-refractivity contribution in [3.63, 3.8) is 0 Å². The van der Waals surface area contributed by atoms with E-state index in [1.165, 1.54) is 0 Å². The fraction of sp³-hybridized carbons (Fsp3) is 0.533. The Morgan fingerprint density at radius 3 is 2.50 bits per heavy atom. The summed E-state index contributed by atoms with van der Waals surface area (Å²) >= 11 is 0. The van der Waals surface area contributed by atoms with Gasteiger partial charge in [-0.15, -0.1) is 0 Å². The van der Waals surface area contributed by atoms with Crippen LogP contribution >= 0.6 is 0 Å². The molecule has 1 amide bonds. The Morgan fingerprint density at radius 1 is 1.39 bits per heavy atom. The summed E-state index contributed by atoms with van der Waals surface area (Å²) in [6.07, 6.45) is 0.455. The predicted octanol–water partition coefficient (Wildman–Crippen LogP) is 3.71. The molecule has 3 nitrogen and oxygen atoms in total. The van der Waals surface area contributed by atoms with E-state index in [0.717, 1.165) is 5.56 Å². The molecule has 0 fully saturated rings. The first-order valence-corrected chi connectivity index (χ1v) is 6.29. The van der Waals surface area contributed by atoms with Crippen LogP contribution in [-0.4, -0.2) is 11.0 Å². The standard InChI is InChI=1S/C15H23NO2/c1-10-6-7-12(13(17)8-10)16-14(18)9-11(2)15(3,4)5/h6-8,11,17H,9H2,1-5H3,(H,16,18). The summed E-state index contributed by atoms with van der Waals surface area (Å²) in [6.45, 7) is 10.3. The van der Waals surface area contributed by atoms with Gasteiger partial charge in [-0.1, -0.05) is 33.8 Å². The largest absolute Gasteiger partial charge is 0.506 e. The van der Waals surface area contributed by atoms with E-state index in [4.69, 9.17) is 0 Å². The van der Waals surface area contributed by atoms with Gasteiger partial charge >= 0.3 is 0 Å². The molecule has 1 aromatic rings. The zero-order valence-corrected chi connectivity index (χ0v) is 11.9. The zero-order chi connectivity index (χ0) is 13.9. The van der Waals surface area contributed by atoms with E-state index in [1.807, 2.05) is 13.0 Å². The second-order valence-electron chi connectivity index (χ2n) is 6.04. The summed E-state index contributed by atoms with van der Waals surface area (Å²) in [5.41, 5.74) is 1.55. The van der Waals surface area contributed by atoms with Crippen LogP contribution in [0.3, 0.4) is 0 Å². The molecule has 0 saturated heterocycles. The molecule has 18 heavy (non-hydrogen) atoms. The monoisotopic (exact) mass is 249 g/mol. The molecule has 0 bridgehead atoms. The van der Waals surface area contributed by atoms with Crippen molar-refractivity contribution in [1.82, 2.24) is 0 Å². The fourth-order valence-corrected chi connectivity index (χ4v) is 1.53. The molecule has 0 heterocycles. The molecule has 0 aromatic heterocycles. The molecule has 0 aliphatic carbocycles. The Kier molecular flexibility index (Phi) is 4.38. The van der Waals surface area contributed by atoms with Gasteiger partial charge in [0.25, 0.3) is 0 Å². The van der Waals surface area contributed by atoms with Crippen molar-refractivity contribution < 1.29 is 9.90 Å². The minimum atomic E-state index is -0.0587. The molecule has 1 aromatic carbocycles. The average molecular weight is 249 g/mol. The summed E-state index contributed by atoms with van der Waals surface area (Å²) < 4.78 is 0. The summed E-state index contributed by atoms with van der Waals surface area (Å²) in [5, 5.41) is 12.5. The molecule has 0 spiro atoms. The van der Waals surface area contributed by atoms with Gasteiger partial charge in [0.1, 0.15) is 5.75 Å². The van der Waals surface area contributed by atoms with Crippen LogP contribution in [0.15, 0.2) is 18.2 Å². The van der Waals surface area contributed by atoms with Crippen molar-refractivity contribution >= 4 is 11.6 Å². The lowest BCUT2D eigenvalue weighted by atomic mass is 9.80. The van der Waals surface area contributed by atoms with Crippen LogP contribution in [0.25, 0.3) is 0 Å². The topological polar surface area (TPSA) is 49.3 Å². The number of anilines is 1. The normalized spacial score (nSPS) is 13.2. The second kappa shape index (κ2) is 5.42. The highest BCUT2D eigenvalue weighted by atomic mass is 16.3. The van der Waals surface area contributed by atoms with E-state index in [2.05, 4.69) is 33.0 Å². The number of aromatic hydroxyl groups is 1. The third kappa shape index (κ3) is 4.06. The molecule has 0 aliphatic heterocycles. The number of carbonyl (C=O) groups is 1. The molecule has 0 radical (unpaired) electrons. The van der Waals surface area contributed by atoms with Crippen molar-refractivity contribution in [2.45, 2.75) is 41.0 Å². The fourth-order valence-electron chi connectivity index (χ4n) is 1.53. The third-order valence-corrected chi connectivity index (χ3v) is 3.40. The van der Waals surface area contributed by atoms with Crippen LogP contribution in [0.4, 0.5) is 5.69 Å². The van der Waals surface area contributed by atoms with E-state index in [1.54, 1.807) is 12.1 Å². The summed E-state index contributed by atoms with van der Waals surface area (Å²) in [4.78, 5) is 11.9. The van der Waals surface area contributed by atoms with Crippen LogP contribution in [0, 0.1) is 18.3 Å². The lowest BCUT2D eigenvalue weighted by Crippen LogP contribution is -2.23. The number of hydrogen-bond acceptors (Lipinski definition) is 2. The molecule has 1 unspecified atom stereocenters. The molecule has 100 valence electrons. The highest BCUT2D eigenvalue weighted by Gasteiger charge is 2.22. The number of hydrogen-bond donors (Lipinski definition) is 2. The Labute approximate surface area is 109 Å². The first-order chi connectivity index (χ1) is 8.20. The predicted molar refractivity (Wildman–Crippen MR) is 74.7 cm³/mol. The molecule has 1 atom stereocenters.